The van der Waals surface area contributed by atoms with Gasteiger partial charge in [-0.05, 0) is 100 Å². The lowest BCUT2D eigenvalue weighted by Gasteiger charge is -2.26. The molecule has 3 heteroatoms. The number of para-hydroxylation sites is 5. The molecule has 0 saturated carbocycles. The summed E-state index contributed by atoms with van der Waals surface area (Å²) in [5, 5.41) is 4.78. The third-order valence-electron chi connectivity index (χ3n) is 12.4. The fourth-order valence-electron chi connectivity index (χ4n) is 9.41. The van der Waals surface area contributed by atoms with Gasteiger partial charge in [0.2, 0.25) is 0 Å². The summed E-state index contributed by atoms with van der Waals surface area (Å²) >= 11 is 0. The zero-order valence-corrected chi connectivity index (χ0v) is 34.4. The average molecular weight is 805 g/mol. The van der Waals surface area contributed by atoms with Crippen LogP contribution in [0.3, 0.4) is 0 Å². The van der Waals surface area contributed by atoms with Gasteiger partial charge in [0, 0.05) is 49.7 Å². The first kappa shape index (κ1) is 36.5. The van der Waals surface area contributed by atoms with Crippen molar-refractivity contribution in [2.24, 2.45) is 0 Å². The van der Waals surface area contributed by atoms with Gasteiger partial charge in [0.25, 0.3) is 0 Å². The van der Waals surface area contributed by atoms with E-state index in [4.69, 9.17) is 4.42 Å². The molecular formula is C60H40N2O. The molecule has 0 aliphatic carbocycles. The quantitative estimate of drug-likeness (QED) is 0.153. The molecule has 296 valence electrons. The Labute approximate surface area is 366 Å². The Balaban J connectivity index is 0.920. The van der Waals surface area contributed by atoms with Crippen LogP contribution in [0.4, 0.5) is 17.1 Å². The number of anilines is 3. The SMILES string of the molecule is c1ccc(-c2ccc(N(c3ccc(-c4cccc(-c5cccc6c5oc5ccccc56)c4)cc3)c3ccc(-c4ccccc4-n4c5ccccc5c5ccccc54)cc3)cc2)cc1. The number of hydrogen-bond donors (Lipinski definition) is 0. The van der Waals surface area contributed by atoms with Crippen molar-refractivity contribution in [1.29, 1.82) is 0 Å². The van der Waals surface area contributed by atoms with Crippen LogP contribution in [0.1, 0.15) is 0 Å². The summed E-state index contributed by atoms with van der Waals surface area (Å²) < 4.78 is 8.83. The zero-order chi connectivity index (χ0) is 41.7. The molecule has 0 aliphatic heterocycles. The number of fused-ring (bicyclic) bond motifs is 6. The van der Waals surface area contributed by atoms with Crippen molar-refractivity contribution in [2.45, 2.75) is 0 Å². The first-order valence-electron chi connectivity index (χ1n) is 21.5. The monoisotopic (exact) mass is 804 g/mol. The lowest BCUT2D eigenvalue weighted by Crippen LogP contribution is -2.09. The maximum atomic E-state index is 6.42. The molecule has 3 nitrogen and oxygen atoms in total. The molecule has 2 aromatic heterocycles. The standard InChI is InChI=1S/C60H40N2O/c1-2-14-41(15-3-1)42-28-34-47(35-29-42)61(48-36-30-43(31-37-48)45-16-12-17-46(40-45)51-22-13-23-55-54-21-7-11-27-59(54)63-60(51)55)49-38-32-44(33-39-49)50-18-4-8-24-56(50)62-57-25-9-5-19-52(57)53-20-6-10-26-58(53)62/h1-40H. The number of hydrogen-bond acceptors (Lipinski definition) is 2. The van der Waals surface area contributed by atoms with Gasteiger partial charge >= 0.3 is 0 Å². The summed E-state index contributed by atoms with van der Waals surface area (Å²) in [5.74, 6) is 0. The van der Waals surface area contributed by atoms with E-state index in [9.17, 15) is 0 Å². The Morgan fingerprint density at radius 2 is 0.762 bits per heavy atom. The minimum atomic E-state index is 0.907. The van der Waals surface area contributed by atoms with E-state index in [-0.39, 0.29) is 0 Å². The van der Waals surface area contributed by atoms with Gasteiger partial charge in [0.15, 0.2) is 0 Å². The Bertz CT molecular complexity index is 3550. The van der Waals surface area contributed by atoms with Gasteiger partial charge in [-0.25, -0.2) is 0 Å². The molecule has 12 rings (SSSR count). The molecule has 63 heavy (non-hydrogen) atoms. The summed E-state index contributed by atoms with van der Waals surface area (Å²) in [6, 6.07) is 87.0. The summed E-state index contributed by atoms with van der Waals surface area (Å²) in [5.41, 5.74) is 17.9. The van der Waals surface area contributed by atoms with Crippen molar-refractivity contribution < 1.29 is 4.42 Å². The Hall–Kier alpha value is -8.40. The van der Waals surface area contributed by atoms with Gasteiger partial charge in [0.1, 0.15) is 11.2 Å². The van der Waals surface area contributed by atoms with Crippen molar-refractivity contribution >= 4 is 60.8 Å². The second-order valence-corrected chi connectivity index (χ2v) is 16.1. The average Bonchev–Trinajstić information content (AvgIpc) is 3.91. The van der Waals surface area contributed by atoms with E-state index in [0.29, 0.717) is 0 Å². The van der Waals surface area contributed by atoms with E-state index in [1.54, 1.807) is 0 Å². The van der Waals surface area contributed by atoms with E-state index < -0.39 is 0 Å². The highest BCUT2D eigenvalue weighted by molar-refractivity contribution is 6.11. The van der Waals surface area contributed by atoms with Crippen molar-refractivity contribution in [1.82, 2.24) is 4.57 Å². The highest BCUT2D eigenvalue weighted by atomic mass is 16.3. The molecule has 12 aromatic rings. The highest BCUT2D eigenvalue weighted by Crippen LogP contribution is 2.41. The molecule has 0 spiro atoms. The Morgan fingerprint density at radius 3 is 1.44 bits per heavy atom. The molecule has 0 bridgehead atoms. The van der Waals surface area contributed by atoms with Crippen LogP contribution in [0.25, 0.3) is 93.9 Å². The number of nitrogens with zero attached hydrogens (tertiary/aromatic N) is 2. The minimum absolute atomic E-state index is 0.907. The molecule has 2 heterocycles. The fraction of sp³-hybridized carbons (Fsp3) is 0. The summed E-state index contributed by atoms with van der Waals surface area (Å²) in [7, 11) is 0. The van der Waals surface area contributed by atoms with Gasteiger partial charge < -0.3 is 13.9 Å². The molecule has 0 aliphatic rings. The van der Waals surface area contributed by atoms with Gasteiger partial charge in [-0.15, -0.1) is 0 Å². The number of benzene rings is 10. The lowest BCUT2D eigenvalue weighted by molar-refractivity contribution is 0.670. The first-order valence-corrected chi connectivity index (χ1v) is 21.5. The molecule has 0 saturated heterocycles. The van der Waals surface area contributed by atoms with Gasteiger partial charge in [0.05, 0.1) is 16.7 Å². The zero-order valence-electron chi connectivity index (χ0n) is 34.4. The summed E-state index contributed by atoms with van der Waals surface area (Å²) in [6.45, 7) is 0. The Kier molecular flexibility index (Phi) is 8.83. The van der Waals surface area contributed by atoms with E-state index in [2.05, 4.69) is 240 Å². The highest BCUT2D eigenvalue weighted by Gasteiger charge is 2.18. The van der Waals surface area contributed by atoms with Crippen LogP contribution < -0.4 is 4.90 Å². The van der Waals surface area contributed by atoms with Crippen LogP contribution >= 0.6 is 0 Å². The molecule has 0 unspecified atom stereocenters. The Morgan fingerprint density at radius 1 is 0.302 bits per heavy atom. The molecule has 0 atom stereocenters. The molecule has 0 fully saturated rings. The predicted octanol–water partition coefficient (Wildman–Crippen LogP) is 16.8. The van der Waals surface area contributed by atoms with E-state index in [1.807, 2.05) is 12.1 Å². The molecule has 0 amide bonds. The number of aromatic nitrogens is 1. The molecule has 0 N–H and O–H groups in total. The van der Waals surface area contributed by atoms with Gasteiger partial charge in [-0.1, -0.05) is 176 Å². The number of furan rings is 1. The van der Waals surface area contributed by atoms with Crippen LogP contribution in [0.5, 0.6) is 0 Å². The molecule has 10 aromatic carbocycles. The first-order chi connectivity index (χ1) is 31.2. The van der Waals surface area contributed by atoms with Crippen LogP contribution in [0, 0.1) is 0 Å². The molecule has 0 radical (unpaired) electrons. The van der Waals surface area contributed by atoms with Crippen LogP contribution in [-0.2, 0) is 0 Å². The van der Waals surface area contributed by atoms with Gasteiger partial charge in [-0.3, -0.25) is 0 Å². The molecular weight excluding hydrogens is 765 g/mol. The topological polar surface area (TPSA) is 21.3 Å². The fourth-order valence-corrected chi connectivity index (χ4v) is 9.41. The van der Waals surface area contributed by atoms with Crippen molar-refractivity contribution in [3.63, 3.8) is 0 Å². The van der Waals surface area contributed by atoms with E-state index in [1.165, 1.54) is 38.5 Å². The third-order valence-corrected chi connectivity index (χ3v) is 12.4. The number of rotatable bonds is 8. The largest absolute Gasteiger partial charge is 0.455 e. The van der Waals surface area contributed by atoms with Gasteiger partial charge in [-0.2, -0.15) is 0 Å². The second kappa shape index (κ2) is 15.3. The third kappa shape index (κ3) is 6.38. The summed E-state index contributed by atoms with van der Waals surface area (Å²) in [6.07, 6.45) is 0. The normalized spacial score (nSPS) is 11.5. The minimum Gasteiger partial charge on any atom is -0.455 e. The predicted molar refractivity (Wildman–Crippen MR) is 264 cm³/mol. The van der Waals surface area contributed by atoms with E-state index in [0.717, 1.165) is 72.5 Å². The van der Waals surface area contributed by atoms with Crippen LogP contribution in [0.15, 0.2) is 247 Å². The van der Waals surface area contributed by atoms with Crippen molar-refractivity contribution in [2.75, 3.05) is 4.90 Å². The van der Waals surface area contributed by atoms with Crippen molar-refractivity contribution in [3.8, 4) is 50.2 Å². The van der Waals surface area contributed by atoms with Crippen LogP contribution in [0.2, 0.25) is 0 Å². The summed E-state index contributed by atoms with van der Waals surface area (Å²) in [4.78, 5) is 2.35. The maximum Gasteiger partial charge on any atom is 0.143 e. The van der Waals surface area contributed by atoms with Crippen LogP contribution in [-0.4, -0.2) is 4.57 Å². The van der Waals surface area contributed by atoms with E-state index >= 15 is 0 Å². The van der Waals surface area contributed by atoms with Crippen molar-refractivity contribution in [3.05, 3.63) is 243 Å². The second-order valence-electron chi connectivity index (χ2n) is 16.1. The smallest absolute Gasteiger partial charge is 0.143 e. The lowest BCUT2D eigenvalue weighted by atomic mass is 9.97. The maximum absolute atomic E-state index is 6.42.